The molecule has 0 aliphatic heterocycles. The summed E-state index contributed by atoms with van der Waals surface area (Å²) in [5, 5.41) is 7.30. The van der Waals surface area contributed by atoms with E-state index in [1.807, 2.05) is 68.4 Å². The number of benzene rings is 2. The highest BCUT2D eigenvalue weighted by molar-refractivity contribution is 5.95. The molecular weight excluding hydrogens is 286 g/mol. The predicted octanol–water partition coefficient (Wildman–Crippen LogP) is 3.42. The van der Waals surface area contributed by atoms with Gasteiger partial charge in [0.05, 0.1) is 23.1 Å². The normalized spacial score (nSPS) is 10.5. The first-order valence-corrected chi connectivity index (χ1v) is 7.59. The van der Waals surface area contributed by atoms with Gasteiger partial charge < -0.3 is 5.32 Å². The van der Waals surface area contributed by atoms with Crippen molar-refractivity contribution < 1.29 is 4.79 Å². The Labute approximate surface area is 135 Å². The molecule has 4 nitrogen and oxygen atoms in total. The second kappa shape index (κ2) is 6.48. The summed E-state index contributed by atoms with van der Waals surface area (Å²) in [7, 11) is 0. The summed E-state index contributed by atoms with van der Waals surface area (Å²) >= 11 is 0. The van der Waals surface area contributed by atoms with Crippen LogP contribution in [0.5, 0.6) is 0 Å². The van der Waals surface area contributed by atoms with Crippen LogP contribution < -0.4 is 5.32 Å². The van der Waals surface area contributed by atoms with Crippen molar-refractivity contribution in [1.29, 1.82) is 0 Å². The molecule has 116 valence electrons. The van der Waals surface area contributed by atoms with E-state index in [0.717, 1.165) is 22.5 Å². The van der Waals surface area contributed by atoms with E-state index in [0.29, 0.717) is 12.1 Å². The average Bonchev–Trinajstić information content (AvgIpc) is 2.95. The van der Waals surface area contributed by atoms with E-state index >= 15 is 0 Å². The van der Waals surface area contributed by atoms with Gasteiger partial charge in [-0.1, -0.05) is 42.5 Å². The quantitative estimate of drug-likeness (QED) is 0.803. The third-order valence-corrected chi connectivity index (χ3v) is 3.80. The molecule has 4 heteroatoms. The van der Waals surface area contributed by atoms with Crippen LogP contribution in [0.4, 0.5) is 0 Å². The van der Waals surface area contributed by atoms with Gasteiger partial charge in [-0.2, -0.15) is 5.10 Å². The molecular formula is C19H19N3O. The lowest BCUT2D eigenvalue weighted by Crippen LogP contribution is -2.23. The molecule has 3 aromatic rings. The van der Waals surface area contributed by atoms with Crippen molar-refractivity contribution >= 4 is 5.91 Å². The van der Waals surface area contributed by atoms with Crippen LogP contribution in [0.2, 0.25) is 0 Å². The summed E-state index contributed by atoms with van der Waals surface area (Å²) < 4.78 is 1.80. The Morgan fingerprint density at radius 3 is 2.61 bits per heavy atom. The number of nitrogens with zero attached hydrogens (tertiary/aromatic N) is 2. The number of carbonyl (C=O) groups is 1. The lowest BCUT2D eigenvalue weighted by atomic mass is 10.2. The summed E-state index contributed by atoms with van der Waals surface area (Å²) in [6.07, 6.45) is 1.62. The minimum absolute atomic E-state index is 0.106. The summed E-state index contributed by atoms with van der Waals surface area (Å²) in [6, 6.07) is 17.9. The first kappa shape index (κ1) is 15.0. The monoisotopic (exact) mass is 305 g/mol. The molecule has 0 radical (unpaired) electrons. The second-order valence-corrected chi connectivity index (χ2v) is 5.56. The molecule has 3 rings (SSSR count). The van der Waals surface area contributed by atoms with Crippen LogP contribution in [0.1, 0.15) is 27.2 Å². The maximum absolute atomic E-state index is 12.4. The molecule has 0 saturated heterocycles. The molecule has 0 spiro atoms. The van der Waals surface area contributed by atoms with E-state index in [4.69, 9.17) is 0 Å². The van der Waals surface area contributed by atoms with Crippen LogP contribution in [0, 0.1) is 13.8 Å². The number of hydrogen-bond donors (Lipinski definition) is 1. The zero-order valence-electron chi connectivity index (χ0n) is 13.3. The maximum Gasteiger partial charge on any atom is 0.255 e. The Morgan fingerprint density at radius 1 is 1.09 bits per heavy atom. The Balaban J connectivity index is 1.77. The van der Waals surface area contributed by atoms with Gasteiger partial charge in [-0.15, -0.1) is 0 Å². The SMILES string of the molecule is Cc1cccc(-n2ncc(C(=O)NCc3ccccc3)c2C)c1. The van der Waals surface area contributed by atoms with E-state index in [1.54, 1.807) is 10.9 Å². The largest absolute Gasteiger partial charge is 0.348 e. The first-order chi connectivity index (χ1) is 11.1. The minimum atomic E-state index is -0.106. The van der Waals surface area contributed by atoms with E-state index in [9.17, 15) is 4.79 Å². The van der Waals surface area contributed by atoms with Crippen molar-refractivity contribution in [1.82, 2.24) is 15.1 Å². The molecule has 1 heterocycles. The van der Waals surface area contributed by atoms with Gasteiger partial charge in [0.1, 0.15) is 0 Å². The Morgan fingerprint density at radius 2 is 1.87 bits per heavy atom. The van der Waals surface area contributed by atoms with E-state index in [-0.39, 0.29) is 5.91 Å². The number of carbonyl (C=O) groups excluding carboxylic acids is 1. The standard InChI is InChI=1S/C19H19N3O/c1-14-7-6-10-17(11-14)22-15(2)18(13-21-22)19(23)20-12-16-8-4-3-5-9-16/h3-11,13H,12H2,1-2H3,(H,20,23). The summed E-state index contributed by atoms with van der Waals surface area (Å²) in [4.78, 5) is 12.4. The molecule has 0 bridgehead atoms. The van der Waals surface area contributed by atoms with Crippen LogP contribution >= 0.6 is 0 Å². The third-order valence-electron chi connectivity index (χ3n) is 3.80. The van der Waals surface area contributed by atoms with E-state index < -0.39 is 0 Å². The molecule has 1 amide bonds. The van der Waals surface area contributed by atoms with Crippen molar-refractivity contribution in [3.8, 4) is 5.69 Å². The zero-order valence-corrected chi connectivity index (χ0v) is 13.3. The maximum atomic E-state index is 12.4. The fourth-order valence-corrected chi connectivity index (χ4v) is 2.53. The highest BCUT2D eigenvalue weighted by Crippen LogP contribution is 2.15. The second-order valence-electron chi connectivity index (χ2n) is 5.56. The minimum Gasteiger partial charge on any atom is -0.348 e. The first-order valence-electron chi connectivity index (χ1n) is 7.59. The van der Waals surface area contributed by atoms with Gasteiger partial charge in [0.2, 0.25) is 0 Å². The molecule has 0 aliphatic carbocycles. The average molecular weight is 305 g/mol. The Bertz CT molecular complexity index is 822. The Hall–Kier alpha value is -2.88. The van der Waals surface area contributed by atoms with Crippen molar-refractivity contribution in [3.05, 3.63) is 83.2 Å². The van der Waals surface area contributed by atoms with Gasteiger partial charge in [-0.25, -0.2) is 4.68 Å². The number of nitrogens with one attached hydrogen (secondary N) is 1. The molecule has 1 aromatic heterocycles. The lowest BCUT2D eigenvalue weighted by molar-refractivity contribution is 0.0950. The molecule has 0 aliphatic rings. The van der Waals surface area contributed by atoms with Gasteiger partial charge in [0, 0.05) is 6.54 Å². The van der Waals surface area contributed by atoms with Gasteiger partial charge in [-0.3, -0.25) is 4.79 Å². The van der Waals surface area contributed by atoms with Gasteiger partial charge in [0.15, 0.2) is 0 Å². The summed E-state index contributed by atoms with van der Waals surface area (Å²) in [5.74, 6) is -0.106. The number of aryl methyl sites for hydroxylation is 1. The predicted molar refractivity (Wildman–Crippen MR) is 90.7 cm³/mol. The highest BCUT2D eigenvalue weighted by Gasteiger charge is 2.14. The van der Waals surface area contributed by atoms with Gasteiger partial charge in [-0.05, 0) is 37.1 Å². The number of hydrogen-bond acceptors (Lipinski definition) is 2. The van der Waals surface area contributed by atoms with E-state index in [2.05, 4.69) is 10.4 Å². The molecule has 23 heavy (non-hydrogen) atoms. The lowest BCUT2D eigenvalue weighted by Gasteiger charge is -2.07. The molecule has 0 unspecified atom stereocenters. The molecule has 0 saturated carbocycles. The fourth-order valence-electron chi connectivity index (χ4n) is 2.53. The highest BCUT2D eigenvalue weighted by atomic mass is 16.1. The van der Waals surface area contributed by atoms with Gasteiger partial charge >= 0.3 is 0 Å². The smallest absolute Gasteiger partial charge is 0.255 e. The van der Waals surface area contributed by atoms with Crippen LogP contribution in [0.25, 0.3) is 5.69 Å². The van der Waals surface area contributed by atoms with Crippen molar-refractivity contribution in [2.75, 3.05) is 0 Å². The van der Waals surface area contributed by atoms with Gasteiger partial charge in [0.25, 0.3) is 5.91 Å². The number of aromatic nitrogens is 2. The molecule has 0 fully saturated rings. The molecule has 1 N–H and O–H groups in total. The number of rotatable bonds is 4. The van der Waals surface area contributed by atoms with Crippen LogP contribution in [-0.2, 0) is 6.54 Å². The fraction of sp³-hybridized carbons (Fsp3) is 0.158. The Kier molecular flexibility index (Phi) is 4.24. The molecule has 2 aromatic carbocycles. The van der Waals surface area contributed by atoms with Crippen LogP contribution in [0.3, 0.4) is 0 Å². The summed E-state index contributed by atoms with van der Waals surface area (Å²) in [5.41, 5.74) is 4.63. The van der Waals surface area contributed by atoms with E-state index in [1.165, 1.54) is 0 Å². The van der Waals surface area contributed by atoms with Crippen LogP contribution in [-0.4, -0.2) is 15.7 Å². The van der Waals surface area contributed by atoms with Crippen LogP contribution in [0.15, 0.2) is 60.8 Å². The van der Waals surface area contributed by atoms with Crippen molar-refractivity contribution in [2.24, 2.45) is 0 Å². The summed E-state index contributed by atoms with van der Waals surface area (Å²) in [6.45, 7) is 4.46. The zero-order chi connectivity index (χ0) is 16.2. The van der Waals surface area contributed by atoms with Crippen molar-refractivity contribution in [3.63, 3.8) is 0 Å². The third kappa shape index (κ3) is 3.31. The molecule has 0 atom stereocenters. The number of amides is 1. The van der Waals surface area contributed by atoms with Crippen molar-refractivity contribution in [2.45, 2.75) is 20.4 Å². The topological polar surface area (TPSA) is 46.9 Å².